The summed E-state index contributed by atoms with van der Waals surface area (Å²) in [4.78, 5) is 4.34. The Bertz CT molecular complexity index is 811. The van der Waals surface area contributed by atoms with Crippen LogP contribution in [0.5, 0.6) is 0 Å². The minimum absolute atomic E-state index is 0.802. The van der Waals surface area contributed by atoms with Gasteiger partial charge in [0.1, 0.15) is 0 Å². The van der Waals surface area contributed by atoms with Gasteiger partial charge in [-0.1, -0.05) is 60.7 Å². The highest BCUT2D eigenvalue weighted by atomic mass is 14.7. The van der Waals surface area contributed by atoms with Gasteiger partial charge in [-0.05, 0) is 28.8 Å². The molecule has 0 radical (unpaired) electrons. The number of hydrogen-bond acceptors (Lipinski definition) is 2. The number of nitrogens with zero attached hydrogens (tertiary/aromatic N) is 2. The monoisotopic (exact) mass is 282 g/mol. The molecular weight excluding hydrogens is 268 g/mol. The van der Waals surface area contributed by atoms with Gasteiger partial charge in [-0.3, -0.25) is 4.98 Å². The smallest absolute Gasteiger partial charge is 0.0919 e. The maximum Gasteiger partial charge on any atom is 0.0919 e. The average Bonchev–Trinajstić information content (AvgIpc) is 2.61. The van der Waals surface area contributed by atoms with E-state index in [-0.39, 0.29) is 0 Å². The van der Waals surface area contributed by atoms with Gasteiger partial charge in [-0.2, -0.15) is 5.26 Å². The summed E-state index contributed by atoms with van der Waals surface area (Å²) in [7, 11) is 0. The molecular formula is C20H14N2. The lowest BCUT2D eigenvalue weighted by Crippen LogP contribution is -1.91. The van der Waals surface area contributed by atoms with Gasteiger partial charge >= 0.3 is 0 Å². The lowest BCUT2D eigenvalue weighted by Gasteiger charge is -2.07. The van der Waals surface area contributed by atoms with E-state index in [1.807, 2.05) is 48.5 Å². The summed E-state index contributed by atoms with van der Waals surface area (Å²) in [6.07, 6.45) is 3.28. The predicted octanol–water partition coefficient (Wildman–Crippen LogP) is 4.70. The molecule has 0 atom stereocenters. The van der Waals surface area contributed by atoms with Gasteiger partial charge < -0.3 is 0 Å². The summed E-state index contributed by atoms with van der Waals surface area (Å²) in [5.41, 5.74) is 4.96. The van der Waals surface area contributed by atoms with Gasteiger partial charge in [0.05, 0.1) is 11.8 Å². The third-order valence-electron chi connectivity index (χ3n) is 3.45. The Morgan fingerprint density at radius 1 is 0.818 bits per heavy atom. The zero-order valence-electron chi connectivity index (χ0n) is 12.0. The van der Waals surface area contributed by atoms with Crippen LogP contribution in [-0.4, -0.2) is 4.98 Å². The van der Waals surface area contributed by atoms with E-state index in [9.17, 15) is 0 Å². The number of nitriles is 1. The van der Waals surface area contributed by atoms with Crippen LogP contribution in [0.3, 0.4) is 0 Å². The van der Waals surface area contributed by atoms with Crippen LogP contribution in [0.15, 0.2) is 85.1 Å². The molecule has 104 valence electrons. The van der Waals surface area contributed by atoms with Gasteiger partial charge in [0.2, 0.25) is 0 Å². The Labute approximate surface area is 130 Å². The molecule has 0 unspecified atom stereocenters. The molecule has 3 aromatic rings. The zero-order valence-corrected chi connectivity index (χ0v) is 12.0. The highest BCUT2D eigenvalue weighted by Gasteiger charge is 2.06. The Hall–Kier alpha value is -3.18. The molecule has 0 fully saturated rings. The number of rotatable bonds is 3. The molecule has 0 amide bonds. The lowest BCUT2D eigenvalue weighted by molar-refractivity contribution is 1.27. The first kappa shape index (κ1) is 13.8. The van der Waals surface area contributed by atoms with Crippen molar-refractivity contribution in [2.75, 3.05) is 0 Å². The summed E-state index contributed by atoms with van der Waals surface area (Å²) in [5, 5.41) is 9.04. The molecule has 22 heavy (non-hydrogen) atoms. The number of aromatic nitrogens is 1. The highest BCUT2D eigenvalue weighted by molar-refractivity contribution is 5.80. The largest absolute Gasteiger partial charge is 0.256 e. The summed E-state index contributed by atoms with van der Waals surface area (Å²) in [6, 6.07) is 26.2. The molecule has 1 aromatic heterocycles. The number of hydrogen-bond donors (Lipinski definition) is 0. The molecule has 0 aliphatic rings. The van der Waals surface area contributed by atoms with Gasteiger partial charge in [0.15, 0.2) is 0 Å². The van der Waals surface area contributed by atoms with E-state index in [0.29, 0.717) is 0 Å². The van der Waals surface area contributed by atoms with Crippen molar-refractivity contribution in [3.63, 3.8) is 0 Å². The van der Waals surface area contributed by atoms with Crippen LogP contribution >= 0.6 is 0 Å². The average molecular weight is 282 g/mol. The number of benzene rings is 2. The van der Waals surface area contributed by atoms with Crippen molar-refractivity contribution >= 4 is 5.57 Å². The van der Waals surface area contributed by atoms with Crippen molar-refractivity contribution in [2.24, 2.45) is 0 Å². The fourth-order valence-corrected chi connectivity index (χ4v) is 2.36. The van der Waals surface area contributed by atoms with Crippen molar-refractivity contribution in [2.45, 2.75) is 0 Å². The van der Waals surface area contributed by atoms with Gasteiger partial charge in [0.25, 0.3) is 0 Å². The fourth-order valence-electron chi connectivity index (χ4n) is 2.36. The second-order valence-corrected chi connectivity index (χ2v) is 4.85. The molecule has 0 aliphatic carbocycles. The molecule has 0 N–H and O–H groups in total. The van der Waals surface area contributed by atoms with E-state index in [2.05, 4.69) is 35.3 Å². The van der Waals surface area contributed by atoms with Crippen LogP contribution in [0.1, 0.15) is 11.3 Å². The van der Waals surface area contributed by atoms with E-state index in [4.69, 9.17) is 5.26 Å². The van der Waals surface area contributed by atoms with E-state index in [0.717, 1.165) is 22.4 Å². The van der Waals surface area contributed by atoms with Crippen LogP contribution in [0.25, 0.3) is 16.7 Å². The third-order valence-corrected chi connectivity index (χ3v) is 3.45. The first-order valence-corrected chi connectivity index (χ1v) is 7.05. The van der Waals surface area contributed by atoms with E-state index < -0.39 is 0 Å². The normalized spacial score (nSPS) is 11.0. The van der Waals surface area contributed by atoms with Crippen molar-refractivity contribution in [1.29, 1.82) is 5.26 Å². The number of pyridine rings is 1. The Morgan fingerprint density at radius 2 is 1.50 bits per heavy atom. The zero-order chi connectivity index (χ0) is 15.2. The first-order valence-electron chi connectivity index (χ1n) is 7.05. The quantitative estimate of drug-likeness (QED) is 0.653. The lowest BCUT2D eigenvalue weighted by atomic mass is 9.98. The van der Waals surface area contributed by atoms with Gasteiger partial charge in [0, 0.05) is 17.8 Å². The molecule has 0 bridgehead atoms. The van der Waals surface area contributed by atoms with Gasteiger partial charge in [-0.25, -0.2) is 0 Å². The van der Waals surface area contributed by atoms with Crippen molar-refractivity contribution in [3.8, 4) is 17.2 Å². The maximum absolute atomic E-state index is 9.04. The van der Waals surface area contributed by atoms with Crippen molar-refractivity contribution in [3.05, 3.63) is 96.3 Å². The summed E-state index contributed by atoms with van der Waals surface area (Å²) >= 11 is 0. The summed E-state index contributed by atoms with van der Waals surface area (Å²) in [6.45, 7) is 0. The maximum atomic E-state index is 9.04. The second-order valence-electron chi connectivity index (χ2n) is 4.85. The Balaban J connectivity index is 1.98. The van der Waals surface area contributed by atoms with Crippen LogP contribution in [0, 0.1) is 11.3 Å². The van der Waals surface area contributed by atoms with Crippen LogP contribution < -0.4 is 0 Å². The van der Waals surface area contributed by atoms with E-state index >= 15 is 0 Å². The van der Waals surface area contributed by atoms with Crippen LogP contribution in [0.2, 0.25) is 0 Å². The Kier molecular flexibility index (Phi) is 4.08. The highest BCUT2D eigenvalue weighted by Crippen LogP contribution is 2.25. The molecule has 0 saturated carbocycles. The predicted molar refractivity (Wildman–Crippen MR) is 88.8 cm³/mol. The minimum atomic E-state index is 0.802. The molecule has 2 aromatic carbocycles. The SMILES string of the molecule is N#C/C=C(/c1ccc(-c2ccccc2)cc1)c1ccccn1. The Morgan fingerprint density at radius 3 is 2.14 bits per heavy atom. The molecule has 2 heteroatoms. The minimum Gasteiger partial charge on any atom is -0.256 e. The number of allylic oxidation sites excluding steroid dienone is 1. The van der Waals surface area contributed by atoms with E-state index in [1.165, 1.54) is 5.56 Å². The fraction of sp³-hybridized carbons (Fsp3) is 0. The van der Waals surface area contributed by atoms with E-state index in [1.54, 1.807) is 12.3 Å². The molecule has 3 rings (SSSR count). The molecule has 2 nitrogen and oxygen atoms in total. The molecule has 0 spiro atoms. The topological polar surface area (TPSA) is 36.7 Å². The summed E-state index contributed by atoms with van der Waals surface area (Å²) < 4.78 is 0. The molecule has 0 saturated heterocycles. The second kappa shape index (κ2) is 6.51. The van der Waals surface area contributed by atoms with Crippen LogP contribution in [0.4, 0.5) is 0 Å². The standard InChI is InChI=1S/C20H14N2/c21-14-13-19(20-8-4-5-15-22-20)18-11-9-17(10-12-18)16-6-2-1-3-7-16/h1-13,15H/b19-13-. The summed E-state index contributed by atoms with van der Waals surface area (Å²) in [5.74, 6) is 0. The third kappa shape index (κ3) is 2.94. The van der Waals surface area contributed by atoms with Crippen molar-refractivity contribution in [1.82, 2.24) is 4.98 Å². The molecule has 1 heterocycles. The van der Waals surface area contributed by atoms with Crippen LogP contribution in [-0.2, 0) is 0 Å². The van der Waals surface area contributed by atoms with Gasteiger partial charge in [-0.15, -0.1) is 0 Å². The molecule has 0 aliphatic heterocycles. The first-order chi connectivity index (χ1) is 10.9. The van der Waals surface area contributed by atoms with Crippen molar-refractivity contribution < 1.29 is 0 Å².